The third-order valence-corrected chi connectivity index (χ3v) is 10.7. The van der Waals surface area contributed by atoms with Crippen molar-refractivity contribution >= 4 is 46.5 Å². The van der Waals surface area contributed by atoms with E-state index in [0.717, 1.165) is 61.2 Å². The molecule has 1 fully saturated rings. The highest BCUT2D eigenvalue weighted by Crippen LogP contribution is 2.40. The SMILES string of the molecule is CCC(=O)N1c2ccccc2[C@H](Nc2ccc(NC(=O)CNC(=O)NC3CCC(N[C@@H]4C[C@H](C)N(C(=O)CC)c5ccccc54)CC3)cc2)C[C@@H]1C. The van der Waals surface area contributed by atoms with Gasteiger partial charge >= 0.3 is 6.03 Å². The number of carbonyl (C=O) groups is 4. The summed E-state index contributed by atoms with van der Waals surface area (Å²) in [4.78, 5) is 54.6. The van der Waals surface area contributed by atoms with E-state index in [1.165, 1.54) is 5.56 Å². The molecule has 11 heteroatoms. The summed E-state index contributed by atoms with van der Waals surface area (Å²) < 4.78 is 0. The van der Waals surface area contributed by atoms with E-state index in [-0.39, 0.29) is 60.5 Å². The highest BCUT2D eigenvalue weighted by Gasteiger charge is 2.35. The standard InChI is InChI=1S/C41H53N7O4/c1-5-39(50)47-26(3)23-34(32-11-7-9-13-36(32)47)43-28-15-19-30(20-16-28)45-38(49)25-42-41(52)46-31-21-17-29(18-22-31)44-35-24-27(4)48(40(51)6-2)37-14-10-8-12-33(35)37/h7-16,19-20,26-27,29,31,34-35,43-44H,5-6,17-18,21-25H2,1-4H3,(H,45,49)(H2,42,46,52)/t26-,27-,29?,31?,34+,35+/m0/s1. The first kappa shape index (κ1) is 36.9. The highest BCUT2D eigenvalue weighted by molar-refractivity contribution is 5.96. The number of nitrogens with one attached hydrogen (secondary N) is 5. The van der Waals surface area contributed by atoms with E-state index in [0.29, 0.717) is 24.6 Å². The largest absolute Gasteiger partial charge is 0.378 e. The summed E-state index contributed by atoms with van der Waals surface area (Å²) >= 11 is 0. The average molecular weight is 708 g/mol. The maximum atomic E-state index is 12.7. The number of anilines is 4. The highest BCUT2D eigenvalue weighted by atomic mass is 16.2. The van der Waals surface area contributed by atoms with Crippen molar-refractivity contribution in [1.82, 2.24) is 16.0 Å². The van der Waals surface area contributed by atoms with Crippen molar-refractivity contribution in [2.24, 2.45) is 0 Å². The molecule has 276 valence electrons. The minimum Gasteiger partial charge on any atom is -0.378 e. The number of fused-ring (bicyclic) bond motifs is 2. The van der Waals surface area contributed by atoms with Gasteiger partial charge in [0.1, 0.15) is 0 Å². The topological polar surface area (TPSA) is 135 Å². The van der Waals surface area contributed by atoms with Gasteiger partial charge in [-0.05, 0) is 99.9 Å². The molecule has 4 atom stereocenters. The van der Waals surface area contributed by atoms with E-state index in [1.54, 1.807) is 0 Å². The van der Waals surface area contributed by atoms with E-state index in [4.69, 9.17) is 0 Å². The van der Waals surface area contributed by atoms with Crippen molar-refractivity contribution in [2.45, 2.75) is 115 Å². The smallest absolute Gasteiger partial charge is 0.315 e. The van der Waals surface area contributed by atoms with Crippen LogP contribution in [0.3, 0.4) is 0 Å². The molecular formula is C41H53N7O4. The van der Waals surface area contributed by atoms with Gasteiger partial charge in [-0.15, -0.1) is 0 Å². The normalized spacial score (nSPS) is 23.8. The number of rotatable bonds is 10. The number of benzene rings is 3. The van der Waals surface area contributed by atoms with E-state index in [2.05, 4.69) is 52.6 Å². The summed E-state index contributed by atoms with van der Waals surface area (Å²) in [5.41, 5.74) is 5.77. The van der Waals surface area contributed by atoms with Crippen molar-refractivity contribution in [1.29, 1.82) is 0 Å². The molecule has 0 unspecified atom stereocenters. The monoisotopic (exact) mass is 707 g/mol. The van der Waals surface area contributed by atoms with Gasteiger partial charge in [0.25, 0.3) is 0 Å². The van der Waals surface area contributed by atoms with Crippen molar-refractivity contribution < 1.29 is 19.2 Å². The third kappa shape index (κ3) is 8.41. The first-order valence-electron chi connectivity index (χ1n) is 18.9. The van der Waals surface area contributed by atoms with Gasteiger partial charge in [0.05, 0.1) is 12.6 Å². The van der Waals surface area contributed by atoms with E-state index < -0.39 is 0 Å². The Morgan fingerprint density at radius 3 is 1.73 bits per heavy atom. The number of amides is 5. The zero-order valence-electron chi connectivity index (χ0n) is 30.8. The summed E-state index contributed by atoms with van der Waals surface area (Å²) in [7, 11) is 0. The van der Waals surface area contributed by atoms with Crippen LogP contribution in [0.1, 0.15) is 102 Å². The molecule has 5 N–H and O–H groups in total. The number of carbonyl (C=O) groups excluding carboxylic acids is 4. The third-order valence-electron chi connectivity index (χ3n) is 10.7. The molecule has 0 radical (unpaired) electrons. The second kappa shape index (κ2) is 16.6. The summed E-state index contributed by atoms with van der Waals surface area (Å²) in [6, 6.07) is 24.2. The lowest BCUT2D eigenvalue weighted by Crippen LogP contribution is -2.49. The molecule has 52 heavy (non-hydrogen) atoms. The molecule has 2 heterocycles. The molecule has 0 aromatic heterocycles. The van der Waals surface area contributed by atoms with Gasteiger partial charge in [-0.1, -0.05) is 50.2 Å². The fraction of sp³-hybridized carbons (Fsp3) is 0.463. The van der Waals surface area contributed by atoms with Gasteiger partial charge in [-0.3, -0.25) is 14.4 Å². The quantitative estimate of drug-likeness (QED) is 0.158. The van der Waals surface area contributed by atoms with Crippen LogP contribution in [0.5, 0.6) is 0 Å². The molecule has 3 aliphatic rings. The number of nitrogens with zero attached hydrogens (tertiary/aromatic N) is 2. The van der Waals surface area contributed by atoms with Gasteiger partial charge in [-0.2, -0.15) is 0 Å². The number of para-hydroxylation sites is 2. The Hall–Kier alpha value is -4.90. The maximum Gasteiger partial charge on any atom is 0.315 e. The van der Waals surface area contributed by atoms with Crippen molar-refractivity contribution in [3.8, 4) is 0 Å². The minimum absolute atomic E-state index is 0.0460. The van der Waals surface area contributed by atoms with Crippen LogP contribution in [0.25, 0.3) is 0 Å². The van der Waals surface area contributed by atoms with Crippen LogP contribution in [0, 0.1) is 0 Å². The van der Waals surface area contributed by atoms with Crippen LogP contribution < -0.4 is 36.4 Å². The second-order valence-corrected chi connectivity index (χ2v) is 14.4. The van der Waals surface area contributed by atoms with Crippen molar-refractivity contribution in [3.63, 3.8) is 0 Å². The summed E-state index contributed by atoms with van der Waals surface area (Å²) in [5.74, 6) is -0.0292. The Bertz CT molecular complexity index is 1740. The molecular weight excluding hydrogens is 654 g/mol. The van der Waals surface area contributed by atoms with Crippen LogP contribution >= 0.6 is 0 Å². The molecule has 2 aliphatic heterocycles. The van der Waals surface area contributed by atoms with Gasteiger partial charge in [-0.25, -0.2) is 4.79 Å². The zero-order chi connectivity index (χ0) is 36.8. The second-order valence-electron chi connectivity index (χ2n) is 14.4. The maximum absolute atomic E-state index is 12.7. The predicted octanol–water partition coefficient (Wildman–Crippen LogP) is 6.79. The Balaban J connectivity index is 0.926. The molecule has 3 aromatic rings. The molecule has 3 aromatic carbocycles. The molecule has 11 nitrogen and oxygen atoms in total. The Labute approximate surface area is 307 Å². The molecule has 1 aliphatic carbocycles. The van der Waals surface area contributed by atoms with Crippen molar-refractivity contribution in [3.05, 3.63) is 83.9 Å². The lowest BCUT2D eigenvalue weighted by Gasteiger charge is -2.41. The van der Waals surface area contributed by atoms with Gasteiger partial charge < -0.3 is 36.4 Å². The number of hydrogen-bond donors (Lipinski definition) is 5. The fourth-order valence-electron chi connectivity index (χ4n) is 8.16. The zero-order valence-corrected chi connectivity index (χ0v) is 30.8. The summed E-state index contributed by atoms with van der Waals surface area (Å²) in [6.45, 7) is 7.87. The summed E-state index contributed by atoms with van der Waals surface area (Å²) in [6.07, 6.45) is 6.16. The van der Waals surface area contributed by atoms with E-state index in [9.17, 15) is 19.2 Å². The predicted molar refractivity (Wildman–Crippen MR) is 206 cm³/mol. The number of hydrogen-bond acceptors (Lipinski definition) is 6. The average Bonchev–Trinajstić information content (AvgIpc) is 3.15. The lowest BCUT2D eigenvalue weighted by molar-refractivity contribution is -0.119. The summed E-state index contributed by atoms with van der Waals surface area (Å²) in [5, 5.41) is 16.1. The van der Waals surface area contributed by atoms with Crippen LogP contribution in [-0.4, -0.2) is 54.5 Å². The minimum atomic E-state index is -0.344. The molecule has 0 bridgehead atoms. The fourth-order valence-corrected chi connectivity index (χ4v) is 8.16. The first-order valence-corrected chi connectivity index (χ1v) is 18.9. The number of urea groups is 1. The molecule has 5 amide bonds. The first-order chi connectivity index (χ1) is 25.1. The molecule has 0 spiro atoms. The molecule has 1 saturated carbocycles. The van der Waals surface area contributed by atoms with Crippen LogP contribution in [-0.2, 0) is 14.4 Å². The lowest BCUT2D eigenvalue weighted by atomic mass is 9.87. The molecule has 0 saturated heterocycles. The van der Waals surface area contributed by atoms with Crippen molar-refractivity contribution in [2.75, 3.05) is 27.0 Å². The van der Waals surface area contributed by atoms with Crippen LogP contribution in [0.4, 0.5) is 27.5 Å². The van der Waals surface area contributed by atoms with E-state index >= 15 is 0 Å². The van der Waals surface area contributed by atoms with E-state index in [1.807, 2.05) is 84.3 Å². The van der Waals surface area contributed by atoms with Gasteiger partial charge in [0, 0.05) is 65.8 Å². The van der Waals surface area contributed by atoms with Gasteiger partial charge in [0.15, 0.2) is 0 Å². The van der Waals surface area contributed by atoms with Gasteiger partial charge in [0.2, 0.25) is 17.7 Å². The Morgan fingerprint density at radius 1 is 0.654 bits per heavy atom. The Morgan fingerprint density at radius 2 is 1.15 bits per heavy atom. The van der Waals surface area contributed by atoms with Crippen LogP contribution in [0.15, 0.2) is 72.8 Å². The van der Waals surface area contributed by atoms with Crippen LogP contribution in [0.2, 0.25) is 0 Å². The Kier molecular flexibility index (Phi) is 11.8. The molecule has 6 rings (SSSR count).